The maximum Gasteiger partial charge on any atom is 0.306 e. The summed E-state index contributed by atoms with van der Waals surface area (Å²) in [6.45, 7) is 6.38. The molecular weight excluding hydrogens is 889 g/mol. The third-order valence-electron chi connectivity index (χ3n) is 11.9. The normalized spacial score (nSPS) is 13.1. The summed E-state index contributed by atoms with van der Waals surface area (Å²) < 4.78 is 16.7. The van der Waals surface area contributed by atoms with Crippen molar-refractivity contribution in [2.75, 3.05) is 13.2 Å². The smallest absolute Gasteiger partial charge is 0.306 e. The molecule has 1 unspecified atom stereocenters. The van der Waals surface area contributed by atoms with Gasteiger partial charge in [0.2, 0.25) is 0 Å². The van der Waals surface area contributed by atoms with Gasteiger partial charge in [0.25, 0.3) is 0 Å². The Balaban J connectivity index is 4.20. The molecule has 0 N–H and O–H groups in total. The molecule has 406 valence electrons. The van der Waals surface area contributed by atoms with Gasteiger partial charge < -0.3 is 14.2 Å². The molecule has 0 saturated heterocycles. The maximum absolute atomic E-state index is 12.8. The average molecular weight is 996 g/mol. The van der Waals surface area contributed by atoms with Gasteiger partial charge in [-0.1, -0.05) is 238 Å². The van der Waals surface area contributed by atoms with Gasteiger partial charge in [0.05, 0.1) is 0 Å². The highest BCUT2D eigenvalue weighted by Gasteiger charge is 2.19. The molecule has 0 aliphatic carbocycles. The van der Waals surface area contributed by atoms with Crippen molar-refractivity contribution in [3.63, 3.8) is 0 Å². The standard InChI is InChI=1S/C66H106O6/c1-4-7-10-13-15-17-19-21-23-25-26-27-28-29-30-31-32-33-34-35-36-37-38-39-40-41-43-44-46-48-50-53-56-59-65(68)71-62-63(61-70-64(67)58-55-52-12-9-6-3)72-66(69)60-57-54-51-49-47-45-42-24-22-20-18-16-14-11-8-5-2/h7,10,15,17,21,23-24,26-27,29-30,32-33,35-36,38-39,41-43,46,48,63H,4-6,8-9,11-14,16,18-20,22,25,28,31,34,37,40,44-45,47,49-62H2,1-3H3/b10-7-,17-15-,23-21-,27-26-,30-29-,33-32-,36-35-,39-38-,42-24-,43-41-,48-46-. The molecule has 1 atom stereocenters. The number of unbranched alkanes of at least 4 members (excludes halogenated alkanes) is 18. The first-order chi connectivity index (χ1) is 35.5. The van der Waals surface area contributed by atoms with E-state index in [2.05, 4.69) is 154 Å². The fourth-order valence-electron chi connectivity index (χ4n) is 7.52. The minimum atomic E-state index is -0.800. The third-order valence-corrected chi connectivity index (χ3v) is 11.9. The summed E-state index contributed by atoms with van der Waals surface area (Å²) in [6, 6.07) is 0. The van der Waals surface area contributed by atoms with Crippen LogP contribution < -0.4 is 0 Å². The summed E-state index contributed by atoms with van der Waals surface area (Å²) in [5, 5.41) is 0. The van der Waals surface area contributed by atoms with E-state index in [1.54, 1.807) is 0 Å². The highest BCUT2D eigenvalue weighted by molar-refractivity contribution is 5.71. The molecule has 0 saturated carbocycles. The number of rotatable bonds is 51. The number of esters is 3. The van der Waals surface area contributed by atoms with Crippen LogP contribution in [0.4, 0.5) is 0 Å². The summed E-state index contributed by atoms with van der Waals surface area (Å²) in [6.07, 6.45) is 83.5. The van der Waals surface area contributed by atoms with E-state index in [9.17, 15) is 14.4 Å². The summed E-state index contributed by atoms with van der Waals surface area (Å²) in [4.78, 5) is 37.7. The lowest BCUT2D eigenvalue weighted by molar-refractivity contribution is -0.167. The van der Waals surface area contributed by atoms with Gasteiger partial charge in [0.1, 0.15) is 13.2 Å². The Morgan fingerprint density at radius 2 is 0.542 bits per heavy atom. The van der Waals surface area contributed by atoms with E-state index in [4.69, 9.17) is 14.2 Å². The number of hydrogen-bond acceptors (Lipinski definition) is 6. The van der Waals surface area contributed by atoms with Gasteiger partial charge in [-0.3, -0.25) is 14.4 Å². The van der Waals surface area contributed by atoms with Crippen molar-refractivity contribution in [1.29, 1.82) is 0 Å². The van der Waals surface area contributed by atoms with Crippen LogP contribution in [0.25, 0.3) is 0 Å². The Bertz CT molecular complexity index is 1560. The zero-order valence-electron chi connectivity index (χ0n) is 46.4. The van der Waals surface area contributed by atoms with E-state index in [0.717, 1.165) is 141 Å². The molecule has 0 bridgehead atoms. The quantitative estimate of drug-likeness (QED) is 0.0261. The van der Waals surface area contributed by atoms with Crippen molar-refractivity contribution in [3.05, 3.63) is 134 Å². The van der Waals surface area contributed by atoms with Gasteiger partial charge in [-0.15, -0.1) is 0 Å². The first kappa shape index (κ1) is 67.5. The Hall–Kier alpha value is -4.45. The molecule has 0 aromatic carbocycles. The van der Waals surface area contributed by atoms with Crippen LogP contribution >= 0.6 is 0 Å². The predicted molar refractivity (Wildman–Crippen MR) is 311 cm³/mol. The largest absolute Gasteiger partial charge is 0.462 e. The van der Waals surface area contributed by atoms with Gasteiger partial charge in [-0.25, -0.2) is 0 Å². The van der Waals surface area contributed by atoms with Crippen LogP contribution in [-0.4, -0.2) is 37.2 Å². The number of carbonyl (C=O) groups excluding carboxylic acids is 3. The number of hydrogen-bond donors (Lipinski definition) is 0. The second kappa shape index (κ2) is 59.1. The fraction of sp³-hybridized carbons (Fsp3) is 0.621. The van der Waals surface area contributed by atoms with Crippen LogP contribution in [-0.2, 0) is 28.6 Å². The lowest BCUT2D eigenvalue weighted by atomic mass is 10.1. The van der Waals surface area contributed by atoms with Crippen molar-refractivity contribution in [2.24, 2.45) is 0 Å². The molecule has 0 aromatic rings. The van der Waals surface area contributed by atoms with E-state index in [-0.39, 0.29) is 31.1 Å². The highest BCUT2D eigenvalue weighted by Crippen LogP contribution is 2.13. The number of ether oxygens (including phenoxy) is 3. The van der Waals surface area contributed by atoms with Crippen molar-refractivity contribution in [3.8, 4) is 0 Å². The highest BCUT2D eigenvalue weighted by atomic mass is 16.6. The van der Waals surface area contributed by atoms with Gasteiger partial charge in [-0.05, 0) is 122 Å². The zero-order chi connectivity index (χ0) is 52.2. The van der Waals surface area contributed by atoms with Crippen molar-refractivity contribution >= 4 is 17.9 Å². The third kappa shape index (κ3) is 56.5. The van der Waals surface area contributed by atoms with Crippen LogP contribution in [0, 0.1) is 0 Å². The topological polar surface area (TPSA) is 78.9 Å². The van der Waals surface area contributed by atoms with Gasteiger partial charge in [0, 0.05) is 19.3 Å². The molecule has 0 aromatic heterocycles. The molecule has 0 amide bonds. The lowest BCUT2D eigenvalue weighted by Gasteiger charge is -2.18. The molecule has 0 rings (SSSR count). The van der Waals surface area contributed by atoms with E-state index < -0.39 is 6.10 Å². The monoisotopic (exact) mass is 995 g/mol. The molecule has 0 fully saturated rings. The van der Waals surface area contributed by atoms with E-state index in [1.165, 1.54) is 57.8 Å². The molecule has 0 aliphatic heterocycles. The van der Waals surface area contributed by atoms with Crippen LogP contribution in [0.3, 0.4) is 0 Å². The van der Waals surface area contributed by atoms with E-state index in [0.29, 0.717) is 25.7 Å². The van der Waals surface area contributed by atoms with Gasteiger partial charge >= 0.3 is 17.9 Å². The summed E-state index contributed by atoms with van der Waals surface area (Å²) in [7, 11) is 0. The van der Waals surface area contributed by atoms with E-state index >= 15 is 0 Å². The minimum Gasteiger partial charge on any atom is -0.462 e. The first-order valence-corrected chi connectivity index (χ1v) is 29.2. The molecule has 0 heterocycles. The SMILES string of the molecule is CC/C=C\C/C=C\C/C=C\C/C=C\C/C=C\C/C=C\C/C=C\C/C=C\C/C=C\C/C=C\CCCCC(=O)OCC(COC(=O)CCCCCCC)OC(=O)CCCCCCC/C=C\CCCCCCCCC. The Morgan fingerprint density at radius 3 is 0.889 bits per heavy atom. The predicted octanol–water partition coefficient (Wildman–Crippen LogP) is 19.8. The Labute approximate surface area is 443 Å². The minimum absolute atomic E-state index is 0.0987. The molecule has 6 nitrogen and oxygen atoms in total. The lowest BCUT2D eigenvalue weighted by Crippen LogP contribution is -2.30. The van der Waals surface area contributed by atoms with Crippen LogP contribution in [0.2, 0.25) is 0 Å². The average Bonchev–Trinajstić information content (AvgIpc) is 3.38. The number of allylic oxidation sites excluding steroid dienone is 22. The van der Waals surface area contributed by atoms with E-state index in [1.807, 2.05) is 0 Å². The van der Waals surface area contributed by atoms with Crippen molar-refractivity contribution < 1.29 is 28.6 Å². The molecule has 0 spiro atoms. The fourth-order valence-corrected chi connectivity index (χ4v) is 7.52. The van der Waals surface area contributed by atoms with Crippen LogP contribution in [0.1, 0.15) is 245 Å². The number of carbonyl (C=O) groups is 3. The maximum atomic E-state index is 12.8. The molecule has 0 aliphatic rings. The Morgan fingerprint density at radius 1 is 0.292 bits per heavy atom. The summed E-state index contributed by atoms with van der Waals surface area (Å²) >= 11 is 0. The van der Waals surface area contributed by atoms with Crippen molar-refractivity contribution in [1.82, 2.24) is 0 Å². The molecule has 0 radical (unpaired) electrons. The Kier molecular flexibility index (Phi) is 55.5. The summed E-state index contributed by atoms with van der Waals surface area (Å²) in [5.74, 6) is -0.972. The second-order valence-electron chi connectivity index (χ2n) is 18.8. The molecular formula is C66H106O6. The van der Waals surface area contributed by atoms with Gasteiger partial charge in [0.15, 0.2) is 6.10 Å². The first-order valence-electron chi connectivity index (χ1n) is 29.2. The van der Waals surface area contributed by atoms with Crippen LogP contribution in [0.5, 0.6) is 0 Å². The van der Waals surface area contributed by atoms with Crippen molar-refractivity contribution in [2.45, 2.75) is 252 Å². The molecule has 72 heavy (non-hydrogen) atoms. The molecule has 6 heteroatoms. The zero-order valence-corrected chi connectivity index (χ0v) is 46.4. The summed E-state index contributed by atoms with van der Waals surface area (Å²) in [5.41, 5.74) is 0. The van der Waals surface area contributed by atoms with Crippen LogP contribution in [0.15, 0.2) is 134 Å². The van der Waals surface area contributed by atoms with Gasteiger partial charge in [-0.2, -0.15) is 0 Å². The second-order valence-corrected chi connectivity index (χ2v) is 18.8.